The van der Waals surface area contributed by atoms with Crippen LogP contribution < -0.4 is 4.72 Å². The molecule has 0 spiro atoms. The molecule has 5 nitrogen and oxygen atoms in total. The van der Waals surface area contributed by atoms with Crippen LogP contribution in [0.4, 0.5) is 4.39 Å². The highest BCUT2D eigenvalue weighted by Gasteiger charge is 2.22. The van der Waals surface area contributed by atoms with Gasteiger partial charge in [-0.3, -0.25) is 4.79 Å². The van der Waals surface area contributed by atoms with Crippen molar-refractivity contribution in [2.45, 2.75) is 26.3 Å². The Morgan fingerprint density at radius 3 is 2.19 bits per heavy atom. The summed E-state index contributed by atoms with van der Waals surface area (Å²) in [5.74, 6) is -0.558. The fourth-order valence-corrected chi connectivity index (χ4v) is 2.80. The van der Waals surface area contributed by atoms with Crippen LogP contribution >= 0.6 is 0 Å². The van der Waals surface area contributed by atoms with E-state index in [0.29, 0.717) is 18.7 Å². The van der Waals surface area contributed by atoms with Gasteiger partial charge in [-0.15, -0.1) is 0 Å². The molecule has 1 aromatic rings. The Kier molecular flexibility index (Phi) is 6.29. The van der Waals surface area contributed by atoms with Crippen molar-refractivity contribution in [3.05, 3.63) is 35.6 Å². The molecule has 0 bridgehead atoms. The van der Waals surface area contributed by atoms with E-state index in [-0.39, 0.29) is 12.3 Å². The van der Waals surface area contributed by atoms with Crippen LogP contribution in [0.2, 0.25) is 0 Å². The highest BCUT2D eigenvalue weighted by Crippen LogP contribution is 2.19. The second-order valence-corrected chi connectivity index (χ2v) is 6.54. The van der Waals surface area contributed by atoms with E-state index in [1.165, 1.54) is 24.3 Å². The van der Waals surface area contributed by atoms with E-state index < -0.39 is 21.9 Å². The van der Waals surface area contributed by atoms with Crippen molar-refractivity contribution in [3.8, 4) is 0 Å². The molecule has 0 radical (unpaired) electrons. The van der Waals surface area contributed by atoms with Gasteiger partial charge in [0.05, 0.1) is 12.3 Å². The first-order valence-electron chi connectivity index (χ1n) is 6.77. The topological polar surface area (TPSA) is 66.5 Å². The van der Waals surface area contributed by atoms with E-state index in [1.54, 1.807) is 4.90 Å². The highest BCUT2D eigenvalue weighted by molar-refractivity contribution is 7.88. The largest absolute Gasteiger partial charge is 0.343 e. The van der Waals surface area contributed by atoms with Crippen LogP contribution in [-0.4, -0.2) is 38.6 Å². The molecule has 21 heavy (non-hydrogen) atoms. The summed E-state index contributed by atoms with van der Waals surface area (Å²) in [4.78, 5) is 13.8. The summed E-state index contributed by atoms with van der Waals surface area (Å²) < 4.78 is 38.3. The number of carbonyl (C=O) groups is 1. The molecule has 118 valence electrons. The fourth-order valence-electron chi connectivity index (χ4n) is 2.06. The van der Waals surface area contributed by atoms with Crippen LogP contribution in [0.5, 0.6) is 0 Å². The van der Waals surface area contributed by atoms with E-state index in [9.17, 15) is 17.6 Å². The smallest absolute Gasteiger partial charge is 0.224 e. The number of hydrogen-bond acceptors (Lipinski definition) is 3. The van der Waals surface area contributed by atoms with Crippen LogP contribution in [0, 0.1) is 5.82 Å². The van der Waals surface area contributed by atoms with Gasteiger partial charge in [0.2, 0.25) is 15.9 Å². The zero-order chi connectivity index (χ0) is 16.0. The standard InChI is InChI=1S/C14H21FN2O3S/c1-4-17(5-2)14(18)10-13(16-21(3,19)20)11-6-8-12(15)9-7-11/h6-9,13,16H,4-5,10H2,1-3H3/t13-/m0/s1. The van der Waals surface area contributed by atoms with Crippen LogP contribution in [0.15, 0.2) is 24.3 Å². The summed E-state index contributed by atoms with van der Waals surface area (Å²) in [5.41, 5.74) is 0.558. The SMILES string of the molecule is CCN(CC)C(=O)C[C@H](NS(C)(=O)=O)c1ccc(F)cc1. The molecule has 0 fully saturated rings. The first-order valence-corrected chi connectivity index (χ1v) is 8.66. The summed E-state index contributed by atoms with van der Waals surface area (Å²) in [6, 6.07) is 4.75. The molecule has 0 unspecified atom stereocenters. The van der Waals surface area contributed by atoms with Crippen molar-refractivity contribution < 1.29 is 17.6 Å². The lowest BCUT2D eigenvalue weighted by molar-refractivity contribution is -0.131. The number of nitrogens with one attached hydrogen (secondary N) is 1. The maximum absolute atomic E-state index is 13.0. The number of benzene rings is 1. The average molecular weight is 316 g/mol. The Balaban J connectivity index is 2.97. The molecule has 0 saturated carbocycles. The Hall–Kier alpha value is -1.47. The number of halogens is 1. The molecule has 0 heterocycles. The van der Waals surface area contributed by atoms with E-state index in [4.69, 9.17) is 0 Å². The molecule has 0 saturated heterocycles. The molecule has 1 rings (SSSR count). The minimum absolute atomic E-state index is 0.000379. The molecule has 7 heteroatoms. The Morgan fingerprint density at radius 1 is 1.24 bits per heavy atom. The van der Waals surface area contributed by atoms with Gasteiger partial charge in [0, 0.05) is 19.5 Å². The van der Waals surface area contributed by atoms with E-state index in [1.807, 2.05) is 13.8 Å². The van der Waals surface area contributed by atoms with Gasteiger partial charge >= 0.3 is 0 Å². The second-order valence-electron chi connectivity index (χ2n) is 4.76. The number of sulfonamides is 1. The van der Waals surface area contributed by atoms with Crippen molar-refractivity contribution in [1.29, 1.82) is 0 Å². The maximum Gasteiger partial charge on any atom is 0.224 e. The van der Waals surface area contributed by atoms with Gasteiger partial charge in [0.1, 0.15) is 5.82 Å². The van der Waals surface area contributed by atoms with Gasteiger partial charge in [0.25, 0.3) is 0 Å². The number of carbonyl (C=O) groups excluding carboxylic acids is 1. The van der Waals surface area contributed by atoms with Crippen LogP contribution in [-0.2, 0) is 14.8 Å². The summed E-state index contributed by atoms with van der Waals surface area (Å²) in [6.45, 7) is 4.84. The number of rotatable bonds is 7. The zero-order valence-corrected chi connectivity index (χ0v) is 13.3. The van der Waals surface area contributed by atoms with Gasteiger partial charge in [0.15, 0.2) is 0 Å². The van der Waals surface area contributed by atoms with Crippen LogP contribution in [0.3, 0.4) is 0 Å². The lowest BCUT2D eigenvalue weighted by atomic mass is 10.0. The van der Waals surface area contributed by atoms with E-state index in [2.05, 4.69) is 4.72 Å². The van der Waals surface area contributed by atoms with Gasteiger partial charge in [-0.2, -0.15) is 0 Å². The lowest BCUT2D eigenvalue weighted by Gasteiger charge is -2.23. The lowest BCUT2D eigenvalue weighted by Crippen LogP contribution is -2.36. The molecular weight excluding hydrogens is 295 g/mol. The van der Waals surface area contributed by atoms with Crippen molar-refractivity contribution in [2.24, 2.45) is 0 Å². The normalized spacial score (nSPS) is 13.0. The minimum atomic E-state index is -3.48. The quantitative estimate of drug-likeness (QED) is 0.832. The van der Waals surface area contributed by atoms with E-state index >= 15 is 0 Å². The van der Waals surface area contributed by atoms with Crippen molar-refractivity contribution in [1.82, 2.24) is 9.62 Å². The van der Waals surface area contributed by atoms with Gasteiger partial charge in [-0.05, 0) is 31.5 Å². The molecule has 0 aliphatic rings. The molecule has 0 aliphatic heterocycles. The molecule has 0 aliphatic carbocycles. The zero-order valence-electron chi connectivity index (χ0n) is 12.5. The molecule has 1 amide bonds. The minimum Gasteiger partial charge on any atom is -0.343 e. The predicted octanol–water partition coefficient (Wildman–Crippen LogP) is 1.67. The van der Waals surface area contributed by atoms with Crippen LogP contribution in [0.25, 0.3) is 0 Å². The second kappa shape index (κ2) is 7.51. The summed E-state index contributed by atoms with van der Waals surface area (Å²) in [6.07, 6.45) is 1.03. The maximum atomic E-state index is 13.0. The number of nitrogens with zero attached hydrogens (tertiary/aromatic N) is 1. The third kappa shape index (κ3) is 5.81. The van der Waals surface area contributed by atoms with E-state index in [0.717, 1.165) is 6.26 Å². The first kappa shape index (κ1) is 17.6. The third-order valence-electron chi connectivity index (χ3n) is 3.12. The fraction of sp³-hybridized carbons (Fsp3) is 0.500. The molecule has 0 aromatic heterocycles. The summed E-state index contributed by atoms with van der Waals surface area (Å²) in [5, 5.41) is 0. The Bertz CT molecular complexity index is 568. The van der Waals surface area contributed by atoms with Crippen molar-refractivity contribution >= 4 is 15.9 Å². The van der Waals surface area contributed by atoms with Gasteiger partial charge in [-0.1, -0.05) is 12.1 Å². The molecule has 1 atom stereocenters. The van der Waals surface area contributed by atoms with Gasteiger partial charge in [-0.25, -0.2) is 17.5 Å². The number of hydrogen-bond donors (Lipinski definition) is 1. The molecule has 1 aromatic carbocycles. The predicted molar refractivity (Wildman–Crippen MR) is 79.7 cm³/mol. The van der Waals surface area contributed by atoms with Crippen molar-refractivity contribution in [2.75, 3.05) is 19.3 Å². The molecular formula is C14H21FN2O3S. The van der Waals surface area contributed by atoms with Crippen molar-refractivity contribution in [3.63, 3.8) is 0 Å². The Morgan fingerprint density at radius 2 is 1.76 bits per heavy atom. The third-order valence-corrected chi connectivity index (χ3v) is 3.84. The summed E-state index contributed by atoms with van der Waals surface area (Å²) >= 11 is 0. The number of amides is 1. The van der Waals surface area contributed by atoms with Gasteiger partial charge < -0.3 is 4.90 Å². The summed E-state index contributed by atoms with van der Waals surface area (Å²) in [7, 11) is -3.48. The van der Waals surface area contributed by atoms with Crippen LogP contribution in [0.1, 0.15) is 31.9 Å². The highest BCUT2D eigenvalue weighted by atomic mass is 32.2. The Labute approximate surface area is 125 Å². The molecule has 1 N–H and O–H groups in total. The average Bonchev–Trinajstić information content (AvgIpc) is 2.38. The first-order chi connectivity index (χ1) is 9.76. The monoisotopic (exact) mass is 316 g/mol.